The number of nitrogens with zero attached hydrogens (tertiary/aromatic N) is 1. The maximum atomic E-state index is 12.6. The van der Waals surface area contributed by atoms with Crippen molar-refractivity contribution in [2.45, 2.75) is 32.6 Å². The second kappa shape index (κ2) is 8.37. The molecular weight excluding hydrogens is 348 g/mol. The summed E-state index contributed by atoms with van der Waals surface area (Å²) in [5, 5.41) is 3.44. The van der Waals surface area contributed by atoms with Crippen LogP contribution in [0.5, 0.6) is 0 Å². The van der Waals surface area contributed by atoms with Crippen LogP contribution in [0.1, 0.15) is 52.0 Å². The first-order valence-electron chi connectivity index (χ1n) is 9.01. The molecule has 1 saturated heterocycles. The van der Waals surface area contributed by atoms with Crippen molar-refractivity contribution in [3.63, 3.8) is 0 Å². The maximum Gasteiger partial charge on any atom is 0.255 e. The van der Waals surface area contributed by atoms with Gasteiger partial charge in [-0.25, -0.2) is 0 Å². The molecule has 0 spiro atoms. The first-order chi connectivity index (χ1) is 12.5. The highest BCUT2D eigenvalue weighted by Gasteiger charge is 2.17. The largest absolute Gasteiger partial charge is 0.339 e. The summed E-state index contributed by atoms with van der Waals surface area (Å²) in [6.07, 6.45) is 4.49. The Hall–Kier alpha value is -2.33. The third-order valence-electron chi connectivity index (χ3n) is 4.72. The van der Waals surface area contributed by atoms with Gasteiger partial charge in [-0.1, -0.05) is 30.5 Å². The lowest BCUT2D eigenvalue weighted by atomic mass is 10.1. The summed E-state index contributed by atoms with van der Waals surface area (Å²) >= 11 is 6.09. The number of hydrogen-bond donors (Lipinski definition) is 1. The van der Waals surface area contributed by atoms with Crippen LogP contribution in [-0.2, 0) is 0 Å². The molecule has 5 heteroatoms. The molecule has 1 aliphatic rings. The van der Waals surface area contributed by atoms with Crippen LogP contribution in [-0.4, -0.2) is 29.8 Å². The van der Waals surface area contributed by atoms with Gasteiger partial charge in [0.2, 0.25) is 0 Å². The summed E-state index contributed by atoms with van der Waals surface area (Å²) in [6, 6.07) is 12.2. The summed E-state index contributed by atoms with van der Waals surface area (Å²) in [4.78, 5) is 26.9. The molecule has 136 valence electrons. The van der Waals surface area contributed by atoms with Crippen LogP contribution in [0.2, 0.25) is 5.02 Å². The second-order valence-corrected chi connectivity index (χ2v) is 7.11. The van der Waals surface area contributed by atoms with Crippen molar-refractivity contribution in [2.75, 3.05) is 18.4 Å². The van der Waals surface area contributed by atoms with Crippen LogP contribution in [0, 0.1) is 6.92 Å². The molecule has 2 aromatic carbocycles. The number of anilines is 1. The number of halogens is 1. The summed E-state index contributed by atoms with van der Waals surface area (Å²) in [5.74, 6) is -0.178. The lowest BCUT2D eigenvalue weighted by Gasteiger charge is -2.20. The molecule has 2 amide bonds. The van der Waals surface area contributed by atoms with Crippen LogP contribution in [0.4, 0.5) is 5.69 Å². The van der Waals surface area contributed by atoms with E-state index in [2.05, 4.69) is 5.32 Å². The van der Waals surface area contributed by atoms with Gasteiger partial charge >= 0.3 is 0 Å². The number of carbonyl (C=O) groups is 2. The Morgan fingerprint density at radius 2 is 1.54 bits per heavy atom. The second-order valence-electron chi connectivity index (χ2n) is 6.70. The predicted molar refractivity (Wildman–Crippen MR) is 105 cm³/mol. The van der Waals surface area contributed by atoms with Gasteiger partial charge in [0.1, 0.15) is 0 Å². The summed E-state index contributed by atoms with van der Waals surface area (Å²) < 4.78 is 0. The standard InChI is InChI=1S/C21H23ClN2O2/c1-15-6-11-18(14-19(15)22)23-20(25)16-7-9-17(10-8-16)21(26)24-12-4-2-3-5-13-24/h6-11,14H,2-5,12-13H2,1H3,(H,23,25). The molecule has 0 aliphatic carbocycles. The topological polar surface area (TPSA) is 49.4 Å². The summed E-state index contributed by atoms with van der Waals surface area (Å²) in [6.45, 7) is 3.54. The minimum atomic E-state index is -0.223. The number of amides is 2. The van der Waals surface area contributed by atoms with Gasteiger partial charge in [0, 0.05) is 34.9 Å². The zero-order valence-corrected chi connectivity index (χ0v) is 15.7. The Kier molecular flexibility index (Phi) is 5.94. The molecule has 1 aliphatic heterocycles. The van der Waals surface area contributed by atoms with E-state index in [1.165, 1.54) is 12.8 Å². The van der Waals surface area contributed by atoms with Gasteiger partial charge in [0.25, 0.3) is 11.8 Å². The number of aryl methyl sites for hydroxylation is 1. The SMILES string of the molecule is Cc1ccc(NC(=O)c2ccc(C(=O)N3CCCCCC3)cc2)cc1Cl. The van der Waals surface area contributed by atoms with Crippen LogP contribution < -0.4 is 5.32 Å². The van der Waals surface area contributed by atoms with Crippen molar-refractivity contribution in [1.82, 2.24) is 4.90 Å². The predicted octanol–water partition coefficient (Wildman–Crippen LogP) is 4.92. The molecular formula is C21H23ClN2O2. The average Bonchev–Trinajstić information content (AvgIpc) is 2.94. The Morgan fingerprint density at radius 1 is 0.923 bits per heavy atom. The Bertz CT molecular complexity index is 794. The third kappa shape index (κ3) is 4.44. The van der Waals surface area contributed by atoms with E-state index in [1.54, 1.807) is 30.3 Å². The van der Waals surface area contributed by atoms with E-state index in [-0.39, 0.29) is 11.8 Å². The van der Waals surface area contributed by atoms with Gasteiger partial charge in [0.15, 0.2) is 0 Å². The summed E-state index contributed by atoms with van der Waals surface area (Å²) in [5.41, 5.74) is 2.74. The van der Waals surface area contributed by atoms with Crippen molar-refractivity contribution in [1.29, 1.82) is 0 Å². The molecule has 1 fully saturated rings. The van der Waals surface area contributed by atoms with E-state index >= 15 is 0 Å². The molecule has 0 aromatic heterocycles. The minimum absolute atomic E-state index is 0.0455. The Balaban J connectivity index is 1.67. The molecule has 0 atom stereocenters. The highest BCUT2D eigenvalue weighted by atomic mass is 35.5. The minimum Gasteiger partial charge on any atom is -0.339 e. The fraction of sp³-hybridized carbons (Fsp3) is 0.333. The number of hydrogen-bond acceptors (Lipinski definition) is 2. The highest BCUT2D eigenvalue weighted by molar-refractivity contribution is 6.31. The number of nitrogens with one attached hydrogen (secondary N) is 1. The smallest absolute Gasteiger partial charge is 0.255 e. The van der Waals surface area contributed by atoms with Crippen molar-refractivity contribution in [3.8, 4) is 0 Å². The third-order valence-corrected chi connectivity index (χ3v) is 5.12. The Morgan fingerprint density at radius 3 is 2.15 bits per heavy atom. The van der Waals surface area contributed by atoms with Gasteiger partial charge in [0.05, 0.1) is 0 Å². The zero-order chi connectivity index (χ0) is 18.5. The van der Waals surface area contributed by atoms with Gasteiger partial charge < -0.3 is 10.2 Å². The lowest BCUT2D eigenvalue weighted by Crippen LogP contribution is -2.31. The van der Waals surface area contributed by atoms with E-state index in [0.717, 1.165) is 31.5 Å². The van der Waals surface area contributed by atoms with Crippen LogP contribution in [0.15, 0.2) is 42.5 Å². The van der Waals surface area contributed by atoms with Gasteiger partial charge in [-0.3, -0.25) is 9.59 Å². The molecule has 0 bridgehead atoms. The van der Waals surface area contributed by atoms with E-state index in [9.17, 15) is 9.59 Å². The van der Waals surface area contributed by atoms with E-state index in [0.29, 0.717) is 21.8 Å². The highest BCUT2D eigenvalue weighted by Crippen LogP contribution is 2.21. The van der Waals surface area contributed by atoms with Crippen molar-refractivity contribution in [2.24, 2.45) is 0 Å². The van der Waals surface area contributed by atoms with E-state index in [1.807, 2.05) is 24.0 Å². The molecule has 3 rings (SSSR count). The molecule has 0 unspecified atom stereocenters. The molecule has 4 nitrogen and oxygen atoms in total. The molecule has 2 aromatic rings. The number of rotatable bonds is 3. The van der Waals surface area contributed by atoms with Crippen LogP contribution >= 0.6 is 11.6 Å². The quantitative estimate of drug-likeness (QED) is 0.833. The van der Waals surface area contributed by atoms with Gasteiger partial charge in [-0.2, -0.15) is 0 Å². The van der Waals surface area contributed by atoms with Crippen LogP contribution in [0.3, 0.4) is 0 Å². The van der Waals surface area contributed by atoms with Gasteiger partial charge in [-0.05, 0) is 61.7 Å². The van der Waals surface area contributed by atoms with E-state index in [4.69, 9.17) is 11.6 Å². The van der Waals surface area contributed by atoms with Gasteiger partial charge in [-0.15, -0.1) is 0 Å². The molecule has 1 heterocycles. The lowest BCUT2D eigenvalue weighted by molar-refractivity contribution is 0.0761. The maximum absolute atomic E-state index is 12.6. The monoisotopic (exact) mass is 370 g/mol. The fourth-order valence-electron chi connectivity index (χ4n) is 3.09. The zero-order valence-electron chi connectivity index (χ0n) is 14.9. The van der Waals surface area contributed by atoms with Crippen molar-refractivity contribution in [3.05, 3.63) is 64.2 Å². The first-order valence-corrected chi connectivity index (χ1v) is 9.39. The van der Waals surface area contributed by atoms with Crippen LogP contribution in [0.25, 0.3) is 0 Å². The number of benzene rings is 2. The normalized spacial score (nSPS) is 14.6. The molecule has 26 heavy (non-hydrogen) atoms. The fourth-order valence-corrected chi connectivity index (χ4v) is 3.27. The molecule has 0 radical (unpaired) electrons. The number of likely N-dealkylation sites (tertiary alicyclic amines) is 1. The number of carbonyl (C=O) groups excluding carboxylic acids is 2. The van der Waals surface area contributed by atoms with E-state index < -0.39 is 0 Å². The first kappa shape index (κ1) is 18.5. The summed E-state index contributed by atoms with van der Waals surface area (Å²) in [7, 11) is 0. The van der Waals surface area contributed by atoms with Crippen molar-refractivity contribution >= 4 is 29.1 Å². The molecule has 0 saturated carbocycles. The average molecular weight is 371 g/mol. The Labute approximate surface area is 159 Å². The molecule has 1 N–H and O–H groups in total. The van der Waals surface area contributed by atoms with Crippen molar-refractivity contribution < 1.29 is 9.59 Å².